The molecule has 0 spiro atoms. The van der Waals surface area contributed by atoms with Gasteiger partial charge in [0.15, 0.2) is 0 Å². The maximum atomic E-state index is 13.4. The molecule has 1 atom stereocenters. The zero-order valence-electron chi connectivity index (χ0n) is 13.0. The fourth-order valence-electron chi connectivity index (χ4n) is 2.61. The maximum Gasteiger partial charge on any atom is 0.263 e. The van der Waals surface area contributed by atoms with Crippen LogP contribution in [-0.2, 0) is 4.79 Å². The minimum atomic E-state index is -0.568. The van der Waals surface area contributed by atoms with Gasteiger partial charge < -0.3 is 10.6 Å². The Bertz CT molecular complexity index is 801. The van der Waals surface area contributed by atoms with Gasteiger partial charge in [0.05, 0.1) is 6.20 Å². The molecule has 1 fully saturated rings. The van der Waals surface area contributed by atoms with Crippen molar-refractivity contribution in [2.45, 2.75) is 31.8 Å². The Morgan fingerprint density at radius 2 is 2.21 bits per heavy atom. The largest absolute Gasteiger partial charge is 0.349 e. The van der Waals surface area contributed by atoms with E-state index in [1.165, 1.54) is 18.3 Å². The summed E-state index contributed by atoms with van der Waals surface area (Å²) in [6.45, 7) is 3.80. The van der Waals surface area contributed by atoms with Gasteiger partial charge in [0.25, 0.3) is 5.91 Å². The first kappa shape index (κ1) is 16.9. The van der Waals surface area contributed by atoms with Crippen LogP contribution in [0.4, 0.5) is 4.39 Å². The second-order valence-corrected chi connectivity index (χ2v) is 7.76. The van der Waals surface area contributed by atoms with E-state index in [1.54, 1.807) is 6.07 Å². The van der Waals surface area contributed by atoms with Gasteiger partial charge in [-0.3, -0.25) is 9.59 Å². The second-order valence-electron chi connectivity index (χ2n) is 6.29. The highest BCUT2D eigenvalue weighted by atomic mass is 35.5. The summed E-state index contributed by atoms with van der Waals surface area (Å²) in [5.41, 5.74) is 0.162. The molecule has 126 valence electrons. The fourth-order valence-corrected chi connectivity index (χ4v) is 3.64. The van der Waals surface area contributed by atoms with Crippen LogP contribution in [0.3, 0.4) is 0 Å². The lowest BCUT2D eigenvalue weighted by Crippen LogP contribution is -2.40. The zero-order chi connectivity index (χ0) is 17.5. The maximum absolute atomic E-state index is 13.4. The summed E-state index contributed by atoms with van der Waals surface area (Å²) >= 11 is 6.95. The average Bonchev–Trinajstić information content (AvgIpc) is 3.03. The number of carbonyl (C=O) groups is 2. The molecule has 0 saturated carbocycles. The smallest absolute Gasteiger partial charge is 0.263 e. The second kappa shape index (κ2) is 6.14. The lowest BCUT2D eigenvalue weighted by atomic mass is 10.0. The summed E-state index contributed by atoms with van der Waals surface area (Å²) in [5, 5.41) is 6.27. The number of halogens is 2. The Morgan fingerprint density at radius 1 is 1.46 bits per heavy atom. The first-order valence-corrected chi connectivity index (χ1v) is 8.48. The average molecular weight is 368 g/mol. The van der Waals surface area contributed by atoms with E-state index >= 15 is 0 Å². The predicted octanol–water partition coefficient (Wildman–Crippen LogP) is 3.00. The molecule has 2 amide bonds. The van der Waals surface area contributed by atoms with Crippen molar-refractivity contribution < 1.29 is 14.0 Å². The van der Waals surface area contributed by atoms with Crippen molar-refractivity contribution in [2.75, 3.05) is 0 Å². The molecule has 0 bridgehead atoms. The Labute approximate surface area is 147 Å². The van der Waals surface area contributed by atoms with Gasteiger partial charge in [-0.05, 0) is 38.5 Å². The number of hydrogen-bond acceptors (Lipinski definition) is 4. The topological polar surface area (TPSA) is 71.1 Å². The van der Waals surface area contributed by atoms with Crippen LogP contribution in [0.25, 0.3) is 10.6 Å². The van der Waals surface area contributed by atoms with E-state index < -0.39 is 11.9 Å². The number of amides is 2. The molecular weight excluding hydrogens is 353 g/mol. The van der Waals surface area contributed by atoms with Gasteiger partial charge >= 0.3 is 0 Å². The zero-order valence-corrected chi connectivity index (χ0v) is 14.6. The van der Waals surface area contributed by atoms with Crippen LogP contribution in [0, 0.1) is 5.82 Å². The van der Waals surface area contributed by atoms with Crippen LogP contribution in [-0.4, -0.2) is 28.4 Å². The van der Waals surface area contributed by atoms with Crippen molar-refractivity contribution >= 4 is 34.8 Å². The molecule has 3 rings (SSSR count). The predicted molar refractivity (Wildman–Crippen MR) is 90.6 cm³/mol. The molecule has 1 aromatic heterocycles. The Morgan fingerprint density at radius 3 is 2.83 bits per heavy atom. The molecule has 1 aromatic carbocycles. The highest BCUT2D eigenvalue weighted by molar-refractivity contribution is 7.16. The third-order valence-corrected chi connectivity index (χ3v) is 4.90. The fraction of sp³-hybridized carbons (Fsp3) is 0.312. The van der Waals surface area contributed by atoms with Crippen LogP contribution in [0.15, 0.2) is 24.4 Å². The number of thiazole rings is 1. The van der Waals surface area contributed by atoms with Gasteiger partial charge in [0.1, 0.15) is 21.7 Å². The van der Waals surface area contributed by atoms with E-state index in [4.69, 9.17) is 11.6 Å². The summed E-state index contributed by atoms with van der Waals surface area (Å²) < 4.78 is 13.4. The number of aromatic nitrogens is 1. The van der Waals surface area contributed by atoms with Gasteiger partial charge in [-0.1, -0.05) is 11.6 Å². The summed E-state index contributed by atoms with van der Waals surface area (Å²) in [4.78, 5) is 28.7. The standard InChI is InChI=1S/C16H15ClFN3O2S/c1-16(2)6-11(13(22)21-16)20-14(23)12-7-19-15(24-12)8-3-9(17)5-10(18)4-8/h3-5,7,11H,6H2,1-2H3,(H,20,23)(H,21,22). The summed E-state index contributed by atoms with van der Waals surface area (Å²) in [6.07, 6.45) is 1.93. The van der Waals surface area contributed by atoms with Crippen molar-refractivity contribution in [3.05, 3.63) is 40.1 Å². The Kier molecular flexibility index (Phi) is 4.31. The molecule has 2 heterocycles. The molecule has 1 aliphatic heterocycles. The van der Waals surface area contributed by atoms with Crippen LogP contribution < -0.4 is 10.6 Å². The molecule has 8 heteroatoms. The van der Waals surface area contributed by atoms with Gasteiger partial charge in [0.2, 0.25) is 5.91 Å². The number of nitrogens with zero attached hydrogens (tertiary/aromatic N) is 1. The van der Waals surface area contributed by atoms with E-state index in [9.17, 15) is 14.0 Å². The van der Waals surface area contributed by atoms with E-state index in [0.717, 1.165) is 11.3 Å². The first-order valence-electron chi connectivity index (χ1n) is 7.29. The molecule has 1 unspecified atom stereocenters. The van der Waals surface area contributed by atoms with Crippen molar-refractivity contribution in [2.24, 2.45) is 0 Å². The van der Waals surface area contributed by atoms with E-state index in [2.05, 4.69) is 15.6 Å². The van der Waals surface area contributed by atoms with Crippen molar-refractivity contribution in [1.29, 1.82) is 0 Å². The van der Waals surface area contributed by atoms with Gasteiger partial charge in [-0.15, -0.1) is 11.3 Å². The SMILES string of the molecule is CC1(C)CC(NC(=O)c2cnc(-c3cc(F)cc(Cl)c3)s2)C(=O)N1. The molecule has 1 saturated heterocycles. The van der Waals surface area contributed by atoms with Crippen LogP contribution in [0.2, 0.25) is 5.02 Å². The number of nitrogens with one attached hydrogen (secondary N) is 2. The van der Waals surface area contributed by atoms with Gasteiger partial charge in [-0.25, -0.2) is 9.37 Å². The molecule has 0 aliphatic carbocycles. The van der Waals surface area contributed by atoms with E-state index in [-0.39, 0.29) is 22.4 Å². The third kappa shape index (κ3) is 3.57. The van der Waals surface area contributed by atoms with Crippen LogP contribution >= 0.6 is 22.9 Å². The van der Waals surface area contributed by atoms with E-state index in [0.29, 0.717) is 21.9 Å². The van der Waals surface area contributed by atoms with Crippen molar-refractivity contribution in [1.82, 2.24) is 15.6 Å². The molecule has 2 aromatic rings. The Hall–Kier alpha value is -1.99. The summed E-state index contributed by atoms with van der Waals surface area (Å²) in [5.74, 6) is -1.04. The van der Waals surface area contributed by atoms with Crippen LogP contribution in [0.1, 0.15) is 29.9 Å². The molecule has 0 radical (unpaired) electrons. The number of carbonyl (C=O) groups excluding carboxylic acids is 2. The summed E-state index contributed by atoms with van der Waals surface area (Å²) in [6, 6.07) is 3.52. The third-order valence-electron chi connectivity index (χ3n) is 3.64. The first-order chi connectivity index (χ1) is 11.2. The highest BCUT2D eigenvalue weighted by Gasteiger charge is 2.38. The molecule has 5 nitrogen and oxygen atoms in total. The highest BCUT2D eigenvalue weighted by Crippen LogP contribution is 2.28. The van der Waals surface area contributed by atoms with Gasteiger partial charge in [-0.2, -0.15) is 0 Å². The minimum absolute atomic E-state index is 0.199. The number of hydrogen-bond donors (Lipinski definition) is 2. The lowest BCUT2D eigenvalue weighted by Gasteiger charge is -2.16. The molecular formula is C16H15ClFN3O2S. The summed E-state index contributed by atoms with van der Waals surface area (Å²) in [7, 11) is 0. The monoisotopic (exact) mass is 367 g/mol. The van der Waals surface area contributed by atoms with Crippen molar-refractivity contribution in [3.63, 3.8) is 0 Å². The van der Waals surface area contributed by atoms with Gasteiger partial charge in [0, 0.05) is 16.1 Å². The van der Waals surface area contributed by atoms with Crippen LogP contribution in [0.5, 0.6) is 0 Å². The quantitative estimate of drug-likeness (QED) is 0.876. The number of rotatable bonds is 3. The Balaban J connectivity index is 1.76. The minimum Gasteiger partial charge on any atom is -0.349 e. The molecule has 24 heavy (non-hydrogen) atoms. The normalized spacial score (nSPS) is 19.2. The van der Waals surface area contributed by atoms with Crippen molar-refractivity contribution in [3.8, 4) is 10.6 Å². The van der Waals surface area contributed by atoms with E-state index in [1.807, 2.05) is 13.8 Å². The molecule has 2 N–H and O–H groups in total. The lowest BCUT2D eigenvalue weighted by molar-refractivity contribution is -0.121. The number of benzene rings is 1. The molecule has 1 aliphatic rings.